The van der Waals surface area contributed by atoms with E-state index in [9.17, 15) is 9.18 Å². The van der Waals surface area contributed by atoms with Crippen molar-refractivity contribution in [2.24, 2.45) is 11.8 Å². The van der Waals surface area contributed by atoms with E-state index >= 15 is 0 Å². The van der Waals surface area contributed by atoms with Crippen molar-refractivity contribution in [1.82, 2.24) is 5.32 Å². The van der Waals surface area contributed by atoms with E-state index < -0.39 is 5.82 Å². The minimum Gasteiger partial charge on any atom is -0.356 e. The highest BCUT2D eigenvalue weighted by Crippen LogP contribution is 2.32. The molecule has 0 aromatic heterocycles. The monoisotopic (exact) mass is 317 g/mol. The second-order valence-electron chi connectivity index (χ2n) is 5.29. The van der Waals surface area contributed by atoms with E-state index in [2.05, 4.69) is 5.32 Å². The van der Waals surface area contributed by atoms with Crippen molar-refractivity contribution in [1.29, 1.82) is 0 Å². The Morgan fingerprint density at radius 1 is 1.35 bits per heavy atom. The minimum absolute atomic E-state index is 0.0240. The molecule has 2 nitrogen and oxygen atoms in total. The van der Waals surface area contributed by atoms with Crippen LogP contribution in [0.15, 0.2) is 18.2 Å². The van der Waals surface area contributed by atoms with E-state index in [-0.39, 0.29) is 17.9 Å². The molecule has 1 aliphatic rings. The molecule has 2 atom stereocenters. The number of hydrogen-bond donors (Lipinski definition) is 1. The molecule has 2 rings (SSSR count). The largest absolute Gasteiger partial charge is 0.356 e. The average molecular weight is 318 g/mol. The first-order chi connectivity index (χ1) is 9.61. The van der Waals surface area contributed by atoms with Gasteiger partial charge in [0.25, 0.3) is 0 Å². The van der Waals surface area contributed by atoms with Crippen LogP contribution >= 0.6 is 23.2 Å². The maximum atomic E-state index is 13.6. The van der Waals surface area contributed by atoms with Crippen LogP contribution in [0.5, 0.6) is 0 Å². The van der Waals surface area contributed by atoms with Crippen LogP contribution in [0.25, 0.3) is 0 Å². The summed E-state index contributed by atoms with van der Waals surface area (Å²) in [6.07, 6.45) is 3.36. The standard InChI is InChI=1S/C15H18Cl2FNO/c16-8-10-3-1-4-11(10)9-19-15(20)7-12-13(17)5-2-6-14(12)18/h2,5-6,10-11H,1,3-4,7-9H2,(H,19,20). The van der Waals surface area contributed by atoms with E-state index in [1.165, 1.54) is 12.1 Å². The zero-order valence-corrected chi connectivity index (χ0v) is 12.7. The summed E-state index contributed by atoms with van der Waals surface area (Å²) in [5.74, 6) is 0.922. The number of carbonyl (C=O) groups excluding carboxylic acids is 1. The molecule has 1 fully saturated rings. The van der Waals surface area contributed by atoms with E-state index in [0.29, 0.717) is 29.3 Å². The summed E-state index contributed by atoms with van der Waals surface area (Å²) >= 11 is 11.8. The maximum absolute atomic E-state index is 13.6. The molecular weight excluding hydrogens is 300 g/mol. The van der Waals surface area contributed by atoms with Crippen molar-refractivity contribution < 1.29 is 9.18 Å². The number of alkyl halides is 1. The molecule has 0 radical (unpaired) electrons. The Morgan fingerprint density at radius 3 is 2.80 bits per heavy atom. The molecule has 1 saturated carbocycles. The van der Waals surface area contributed by atoms with Crippen molar-refractivity contribution >= 4 is 29.1 Å². The molecule has 0 spiro atoms. The molecule has 0 saturated heterocycles. The molecule has 2 unspecified atom stereocenters. The van der Waals surface area contributed by atoms with E-state index in [0.717, 1.165) is 19.3 Å². The zero-order chi connectivity index (χ0) is 14.5. The van der Waals surface area contributed by atoms with Crippen molar-refractivity contribution in [2.45, 2.75) is 25.7 Å². The van der Waals surface area contributed by atoms with Crippen molar-refractivity contribution in [3.63, 3.8) is 0 Å². The molecule has 20 heavy (non-hydrogen) atoms. The first kappa shape index (κ1) is 15.6. The van der Waals surface area contributed by atoms with Gasteiger partial charge in [0, 0.05) is 23.0 Å². The molecule has 110 valence electrons. The maximum Gasteiger partial charge on any atom is 0.224 e. The molecule has 0 aliphatic heterocycles. The Balaban J connectivity index is 1.87. The van der Waals surface area contributed by atoms with Crippen LogP contribution in [0.2, 0.25) is 5.02 Å². The Bertz CT molecular complexity index is 461. The third kappa shape index (κ3) is 3.86. The predicted molar refractivity (Wildman–Crippen MR) is 79.7 cm³/mol. The topological polar surface area (TPSA) is 29.1 Å². The number of amides is 1. The van der Waals surface area contributed by atoms with E-state index in [4.69, 9.17) is 23.2 Å². The lowest BCUT2D eigenvalue weighted by molar-refractivity contribution is -0.120. The lowest BCUT2D eigenvalue weighted by atomic mass is 9.98. The van der Waals surface area contributed by atoms with Crippen LogP contribution in [-0.2, 0) is 11.2 Å². The third-order valence-electron chi connectivity index (χ3n) is 3.98. The lowest BCUT2D eigenvalue weighted by Crippen LogP contribution is -2.32. The fourth-order valence-corrected chi connectivity index (χ4v) is 3.39. The normalized spacial score (nSPS) is 21.9. The van der Waals surface area contributed by atoms with Gasteiger partial charge >= 0.3 is 0 Å². The molecule has 0 bridgehead atoms. The minimum atomic E-state index is -0.438. The van der Waals surface area contributed by atoms with Crippen LogP contribution in [0, 0.1) is 17.7 Å². The Labute approximate surface area is 128 Å². The number of carbonyl (C=O) groups is 1. The SMILES string of the molecule is O=C(Cc1c(F)cccc1Cl)NCC1CCCC1CCl. The number of nitrogens with one attached hydrogen (secondary N) is 1. The van der Waals surface area contributed by atoms with Gasteiger partial charge in [0.15, 0.2) is 0 Å². The summed E-state index contributed by atoms with van der Waals surface area (Å²) in [7, 11) is 0. The highest BCUT2D eigenvalue weighted by atomic mass is 35.5. The second-order valence-corrected chi connectivity index (χ2v) is 6.00. The fourth-order valence-electron chi connectivity index (χ4n) is 2.75. The first-order valence-corrected chi connectivity index (χ1v) is 7.78. The van der Waals surface area contributed by atoms with Crippen LogP contribution in [0.1, 0.15) is 24.8 Å². The fraction of sp³-hybridized carbons (Fsp3) is 0.533. The van der Waals surface area contributed by atoms with Gasteiger partial charge in [0.05, 0.1) is 6.42 Å². The van der Waals surface area contributed by atoms with Crippen LogP contribution in [0.4, 0.5) is 4.39 Å². The Hall–Kier alpha value is -0.800. The quantitative estimate of drug-likeness (QED) is 0.822. The summed E-state index contributed by atoms with van der Waals surface area (Å²) in [5.41, 5.74) is 0.256. The molecular formula is C15H18Cl2FNO. The first-order valence-electron chi connectivity index (χ1n) is 6.87. The van der Waals surface area contributed by atoms with Gasteiger partial charge in [0.1, 0.15) is 5.82 Å². The van der Waals surface area contributed by atoms with Crippen molar-refractivity contribution in [3.8, 4) is 0 Å². The van der Waals surface area contributed by atoms with Gasteiger partial charge in [-0.1, -0.05) is 24.1 Å². The van der Waals surface area contributed by atoms with Crippen LogP contribution < -0.4 is 5.32 Å². The zero-order valence-electron chi connectivity index (χ0n) is 11.2. The highest BCUT2D eigenvalue weighted by Gasteiger charge is 2.26. The molecule has 1 aliphatic carbocycles. The number of rotatable bonds is 5. The third-order valence-corrected chi connectivity index (χ3v) is 4.73. The number of hydrogen-bond acceptors (Lipinski definition) is 1. The second kappa shape index (κ2) is 7.28. The molecule has 5 heteroatoms. The predicted octanol–water partition coefficient (Wildman–Crippen LogP) is 3.79. The summed E-state index contributed by atoms with van der Waals surface area (Å²) in [4.78, 5) is 11.9. The Morgan fingerprint density at radius 2 is 2.10 bits per heavy atom. The molecule has 1 amide bonds. The van der Waals surface area contributed by atoms with E-state index in [1.54, 1.807) is 6.07 Å². The average Bonchev–Trinajstić information content (AvgIpc) is 2.88. The van der Waals surface area contributed by atoms with Crippen LogP contribution in [0.3, 0.4) is 0 Å². The summed E-state index contributed by atoms with van der Waals surface area (Å²) in [6.45, 7) is 0.613. The summed E-state index contributed by atoms with van der Waals surface area (Å²) in [5, 5.41) is 3.16. The number of halogens is 3. The Kier molecular flexibility index (Phi) is 5.67. The van der Waals surface area contributed by atoms with E-state index in [1.807, 2.05) is 0 Å². The molecule has 1 N–H and O–H groups in total. The molecule has 0 heterocycles. The van der Waals surface area contributed by atoms with Crippen LogP contribution in [-0.4, -0.2) is 18.3 Å². The molecule has 1 aromatic rings. The van der Waals surface area contributed by atoms with Gasteiger partial charge in [0.2, 0.25) is 5.91 Å². The van der Waals surface area contributed by atoms with Crippen molar-refractivity contribution in [3.05, 3.63) is 34.6 Å². The highest BCUT2D eigenvalue weighted by molar-refractivity contribution is 6.31. The van der Waals surface area contributed by atoms with Gasteiger partial charge < -0.3 is 5.32 Å². The van der Waals surface area contributed by atoms with Crippen molar-refractivity contribution in [2.75, 3.05) is 12.4 Å². The summed E-state index contributed by atoms with van der Waals surface area (Å²) in [6, 6.07) is 4.44. The number of benzene rings is 1. The van der Waals surface area contributed by atoms with Gasteiger partial charge in [-0.2, -0.15) is 0 Å². The van der Waals surface area contributed by atoms with Gasteiger partial charge in [-0.3, -0.25) is 4.79 Å². The van der Waals surface area contributed by atoms with Gasteiger partial charge in [-0.05, 0) is 36.8 Å². The molecule has 1 aromatic carbocycles. The van der Waals surface area contributed by atoms with Gasteiger partial charge in [-0.25, -0.2) is 4.39 Å². The smallest absolute Gasteiger partial charge is 0.224 e. The lowest BCUT2D eigenvalue weighted by Gasteiger charge is -2.17. The summed E-state index contributed by atoms with van der Waals surface area (Å²) < 4.78 is 13.6. The van der Waals surface area contributed by atoms with Gasteiger partial charge in [-0.15, -0.1) is 11.6 Å².